The Hall–Kier alpha value is -3.63. The number of aryl methyl sites for hydroxylation is 1. The second-order valence-electron chi connectivity index (χ2n) is 7.68. The largest absolute Gasteiger partial charge is 0.493 e. The summed E-state index contributed by atoms with van der Waals surface area (Å²) in [7, 11) is 1.62. The molecule has 0 spiro atoms. The van der Waals surface area contributed by atoms with Crippen molar-refractivity contribution in [1.29, 1.82) is 0 Å². The van der Waals surface area contributed by atoms with Crippen LogP contribution in [0.4, 0.5) is 5.69 Å². The van der Waals surface area contributed by atoms with Gasteiger partial charge in [0.15, 0.2) is 11.5 Å². The van der Waals surface area contributed by atoms with E-state index in [0.717, 1.165) is 28.3 Å². The van der Waals surface area contributed by atoms with Gasteiger partial charge in [-0.25, -0.2) is 0 Å². The van der Waals surface area contributed by atoms with E-state index >= 15 is 0 Å². The van der Waals surface area contributed by atoms with Crippen LogP contribution in [-0.4, -0.2) is 7.11 Å². The van der Waals surface area contributed by atoms with Crippen LogP contribution in [0.1, 0.15) is 16.7 Å². The Morgan fingerprint density at radius 2 is 1.48 bits per heavy atom. The predicted molar refractivity (Wildman–Crippen MR) is 134 cm³/mol. The summed E-state index contributed by atoms with van der Waals surface area (Å²) < 4.78 is 17.4. The van der Waals surface area contributed by atoms with Crippen molar-refractivity contribution in [2.24, 2.45) is 0 Å². The number of methoxy groups -OCH3 is 1. The summed E-state index contributed by atoms with van der Waals surface area (Å²) in [6, 6.07) is 29.6. The third-order valence-corrected chi connectivity index (χ3v) is 5.40. The minimum Gasteiger partial charge on any atom is -0.493 e. The molecular weight excluding hydrogens is 434 g/mol. The Kier molecular flexibility index (Phi) is 7.38. The lowest BCUT2D eigenvalue weighted by Gasteiger charge is -2.15. The van der Waals surface area contributed by atoms with E-state index in [0.29, 0.717) is 29.7 Å². The number of hydrogen-bond acceptors (Lipinski definition) is 4. The number of hydrogen-bond donors (Lipinski definition) is 1. The third-order valence-electron chi connectivity index (χ3n) is 5.12. The Bertz CT molecular complexity index is 1180. The van der Waals surface area contributed by atoms with Crippen molar-refractivity contribution in [2.75, 3.05) is 12.4 Å². The molecule has 0 fully saturated rings. The maximum absolute atomic E-state index is 6.54. The summed E-state index contributed by atoms with van der Waals surface area (Å²) in [6.07, 6.45) is 0. The molecule has 4 nitrogen and oxygen atoms in total. The van der Waals surface area contributed by atoms with Gasteiger partial charge in [-0.1, -0.05) is 59.6 Å². The molecule has 0 amide bonds. The number of halogens is 1. The predicted octanol–water partition coefficient (Wildman–Crippen LogP) is 7.64. The summed E-state index contributed by atoms with van der Waals surface area (Å²) in [5.74, 6) is 2.75. The number of nitrogens with one attached hydrogen (secondary N) is 1. The van der Waals surface area contributed by atoms with Gasteiger partial charge in [0.2, 0.25) is 0 Å². The molecule has 0 radical (unpaired) electrons. The molecule has 4 aromatic rings. The minimum atomic E-state index is 0.422. The Balaban J connectivity index is 1.38. The lowest BCUT2D eigenvalue weighted by atomic mass is 10.1. The van der Waals surface area contributed by atoms with Gasteiger partial charge in [-0.2, -0.15) is 0 Å². The van der Waals surface area contributed by atoms with E-state index in [9.17, 15) is 0 Å². The topological polar surface area (TPSA) is 39.7 Å². The molecule has 1 N–H and O–H groups in total. The molecule has 0 atom stereocenters. The molecule has 4 rings (SSSR count). The van der Waals surface area contributed by atoms with Crippen molar-refractivity contribution < 1.29 is 14.2 Å². The maximum atomic E-state index is 6.54. The molecule has 0 aliphatic rings. The van der Waals surface area contributed by atoms with E-state index < -0.39 is 0 Å². The van der Waals surface area contributed by atoms with Crippen LogP contribution in [0.2, 0.25) is 5.02 Å². The SMILES string of the molecule is COc1cc(CNc2ccc(Oc3ccccc3)cc2)cc(Cl)c1OCc1ccc(C)cc1. The smallest absolute Gasteiger partial charge is 0.180 e. The zero-order chi connectivity index (χ0) is 23.0. The molecule has 0 aliphatic heterocycles. The van der Waals surface area contributed by atoms with E-state index in [-0.39, 0.29) is 0 Å². The summed E-state index contributed by atoms with van der Waals surface area (Å²) in [4.78, 5) is 0. The van der Waals surface area contributed by atoms with Crippen molar-refractivity contribution in [1.82, 2.24) is 0 Å². The van der Waals surface area contributed by atoms with Gasteiger partial charge in [-0.05, 0) is 66.6 Å². The Morgan fingerprint density at radius 3 is 2.18 bits per heavy atom. The first-order valence-electron chi connectivity index (χ1n) is 10.7. The van der Waals surface area contributed by atoms with Crippen LogP contribution >= 0.6 is 11.6 Å². The van der Waals surface area contributed by atoms with Crippen LogP contribution in [0, 0.1) is 6.92 Å². The molecule has 168 valence electrons. The van der Waals surface area contributed by atoms with Gasteiger partial charge in [-0.3, -0.25) is 0 Å². The number of rotatable bonds is 9. The van der Waals surface area contributed by atoms with Crippen LogP contribution in [0.3, 0.4) is 0 Å². The molecular formula is C28H26ClNO3. The number of ether oxygens (including phenoxy) is 3. The lowest BCUT2D eigenvalue weighted by molar-refractivity contribution is 0.284. The van der Waals surface area contributed by atoms with Crippen molar-refractivity contribution >= 4 is 17.3 Å². The fourth-order valence-corrected chi connectivity index (χ4v) is 3.61. The molecule has 5 heteroatoms. The summed E-state index contributed by atoms with van der Waals surface area (Å²) in [5.41, 5.74) is 4.25. The standard InChI is InChI=1S/C28H26ClNO3/c1-20-8-10-21(11-9-20)19-32-28-26(29)16-22(17-27(28)31-2)18-30-23-12-14-25(15-13-23)33-24-6-4-3-5-7-24/h3-17,30H,18-19H2,1-2H3. The van der Waals surface area contributed by atoms with Crippen molar-refractivity contribution in [3.05, 3.63) is 113 Å². The Labute approximate surface area is 199 Å². The fourth-order valence-electron chi connectivity index (χ4n) is 3.32. The van der Waals surface area contributed by atoms with Crippen molar-refractivity contribution in [2.45, 2.75) is 20.1 Å². The monoisotopic (exact) mass is 459 g/mol. The summed E-state index contributed by atoms with van der Waals surface area (Å²) in [6.45, 7) is 3.07. The van der Waals surface area contributed by atoms with Gasteiger partial charge in [0.25, 0.3) is 0 Å². The molecule has 0 aromatic heterocycles. The summed E-state index contributed by atoms with van der Waals surface area (Å²) in [5, 5.41) is 3.92. The van der Waals surface area contributed by atoms with Gasteiger partial charge >= 0.3 is 0 Å². The van der Waals surface area contributed by atoms with Crippen LogP contribution in [0.25, 0.3) is 0 Å². The van der Waals surface area contributed by atoms with E-state index in [1.54, 1.807) is 7.11 Å². The molecule has 0 unspecified atom stereocenters. The van der Waals surface area contributed by atoms with Crippen LogP contribution < -0.4 is 19.5 Å². The fraction of sp³-hybridized carbons (Fsp3) is 0.143. The second kappa shape index (κ2) is 10.8. The molecule has 0 heterocycles. The van der Waals surface area contributed by atoms with Gasteiger partial charge in [0.05, 0.1) is 12.1 Å². The minimum absolute atomic E-state index is 0.422. The highest BCUT2D eigenvalue weighted by Crippen LogP contribution is 2.37. The molecule has 4 aromatic carbocycles. The number of para-hydroxylation sites is 1. The highest BCUT2D eigenvalue weighted by atomic mass is 35.5. The van der Waals surface area contributed by atoms with Gasteiger partial charge in [-0.15, -0.1) is 0 Å². The van der Waals surface area contributed by atoms with Crippen molar-refractivity contribution in [3.8, 4) is 23.0 Å². The zero-order valence-corrected chi connectivity index (χ0v) is 19.4. The molecule has 0 saturated heterocycles. The first-order chi connectivity index (χ1) is 16.1. The first-order valence-corrected chi connectivity index (χ1v) is 11.1. The highest BCUT2D eigenvalue weighted by Gasteiger charge is 2.12. The van der Waals surface area contributed by atoms with Crippen LogP contribution in [-0.2, 0) is 13.2 Å². The number of benzene rings is 4. The Morgan fingerprint density at radius 1 is 0.788 bits per heavy atom. The maximum Gasteiger partial charge on any atom is 0.180 e. The average Bonchev–Trinajstić information content (AvgIpc) is 2.84. The zero-order valence-electron chi connectivity index (χ0n) is 18.7. The molecule has 0 aliphatic carbocycles. The highest BCUT2D eigenvalue weighted by molar-refractivity contribution is 6.32. The normalized spacial score (nSPS) is 10.5. The molecule has 33 heavy (non-hydrogen) atoms. The van der Waals surface area contributed by atoms with E-state index in [4.69, 9.17) is 25.8 Å². The van der Waals surface area contributed by atoms with Crippen LogP contribution in [0.15, 0.2) is 91.0 Å². The van der Waals surface area contributed by atoms with Gasteiger partial charge in [0, 0.05) is 12.2 Å². The lowest BCUT2D eigenvalue weighted by Crippen LogP contribution is -2.02. The number of anilines is 1. The average molecular weight is 460 g/mol. The quantitative estimate of drug-likeness (QED) is 0.279. The third kappa shape index (κ3) is 6.21. The van der Waals surface area contributed by atoms with E-state index in [2.05, 4.69) is 24.4 Å². The first kappa shape index (κ1) is 22.6. The summed E-state index contributed by atoms with van der Waals surface area (Å²) >= 11 is 6.54. The van der Waals surface area contributed by atoms with E-state index in [1.165, 1.54) is 5.56 Å². The van der Waals surface area contributed by atoms with Crippen LogP contribution in [0.5, 0.6) is 23.0 Å². The molecule has 0 bridgehead atoms. The molecule has 0 saturated carbocycles. The second-order valence-corrected chi connectivity index (χ2v) is 8.08. The van der Waals surface area contributed by atoms with E-state index in [1.807, 2.05) is 78.9 Å². The van der Waals surface area contributed by atoms with Gasteiger partial charge in [0.1, 0.15) is 18.1 Å². The van der Waals surface area contributed by atoms with Crippen molar-refractivity contribution in [3.63, 3.8) is 0 Å². The van der Waals surface area contributed by atoms with Gasteiger partial charge < -0.3 is 19.5 Å².